The molecule has 3 aromatic rings. The highest BCUT2D eigenvalue weighted by atomic mass is 32.2. The van der Waals surface area contributed by atoms with Crippen LogP contribution in [0.1, 0.15) is 27.0 Å². The third-order valence-corrected chi connectivity index (χ3v) is 7.40. The quantitative estimate of drug-likeness (QED) is 0.566. The Morgan fingerprint density at radius 2 is 1.56 bits per heavy atom. The minimum absolute atomic E-state index is 0.187. The molecule has 1 aliphatic rings. The number of carbonyl (C=O) groups excluding carboxylic acids is 1. The van der Waals surface area contributed by atoms with Gasteiger partial charge < -0.3 is 10.0 Å². The van der Waals surface area contributed by atoms with Gasteiger partial charge in [0.05, 0.1) is 29.3 Å². The number of β-amino-alcohol motifs (C(OH)–C–C–N with tert-alkyl or cyclic N) is 1. The number of hydrogen-bond acceptors (Lipinski definition) is 4. The van der Waals surface area contributed by atoms with E-state index in [9.17, 15) is 31.5 Å². The maximum absolute atomic E-state index is 12.9. The van der Waals surface area contributed by atoms with Crippen LogP contribution >= 0.6 is 0 Å². The summed E-state index contributed by atoms with van der Waals surface area (Å²) in [7, 11) is -4.01. The van der Waals surface area contributed by atoms with Crippen molar-refractivity contribution in [2.75, 3.05) is 13.1 Å². The van der Waals surface area contributed by atoms with Crippen LogP contribution in [0.4, 0.5) is 13.2 Å². The summed E-state index contributed by atoms with van der Waals surface area (Å²) < 4.78 is 64.0. The molecule has 0 aromatic heterocycles. The maximum atomic E-state index is 12.9. The van der Waals surface area contributed by atoms with Crippen molar-refractivity contribution in [1.29, 1.82) is 0 Å². The summed E-state index contributed by atoms with van der Waals surface area (Å²) in [6.07, 6.45) is -4.21. The van der Waals surface area contributed by atoms with E-state index in [0.717, 1.165) is 23.8 Å². The number of alkyl halides is 3. The van der Waals surface area contributed by atoms with Gasteiger partial charge in [-0.1, -0.05) is 48.5 Å². The molecule has 0 unspecified atom stereocenters. The summed E-state index contributed by atoms with van der Waals surface area (Å²) in [5.74, 6) is -0.784. The normalized spacial score (nSPS) is 15.6. The predicted octanol–water partition coefficient (Wildman–Crippen LogP) is 4.11. The molecular formula is C25H22F3NO4S. The third kappa shape index (κ3) is 5.31. The molecule has 1 amide bonds. The minimum Gasteiger partial charge on any atom is -0.386 e. The fourth-order valence-corrected chi connectivity index (χ4v) is 5.38. The van der Waals surface area contributed by atoms with Crippen molar-refractivity contribution in [2.45, 2.75) is 28.8 Å². The fraction of sp³-hybridized carbons (Fsp3) is 0.240. The van der Waals surface area contributed by atoms with Crippen LogP contribution in [0.25, 0.3) is 0 Å². The molecule has 178 valence electrons. The van der Waals surface area contributed by atoms with E-state index < -0.39 is 37.8 Å². The molecule has 1 fully saturated rings. The van der Waals surface area contributed by atoms with Gasteiger partial charge in [-0.15, -0.1) is 0 Å². The molecule has 0 spiro atoms. The maximum Gasteiger partial charge on any atom is 0.416 e. The van der Waals surface area contributed by atoms with Crippen LogP contribution in [0.2, 0.25) is 0 Å². The lowest BCUT2D eigenvalue weighted by Crippen LogP contribution is -2.64. The van der Waals surface area contributed by atoms with Gasteiger partial charge in [0.15, 0.2) is 9.84 Å². The van der Waals surface area contributed by atoms with E-state index >= 15 is 0 Å². The number of rotatable bonds is 6. The average Bonchev–Trinajstić information content (AvgIpc) is 2.77. The summed E-state index contributed by atoms with van der Waals surface area (Å²) in [6.45, 7) is 0.374. The van der Waals surface area contributed by atoms with E-state index in [4.69, 9.17) is 0 Å². The first kappa shape index (κ1) is 24.0. The Morgan fingerprint density at radius 1 is 0.912 bits per heavy atom. The second kappa shape index (κ2) is 8.88. The van der Waals surface area contributed by atoms with Gasteiger partial charge in [0, 0.05) is 12.0 Å². The van der Waals surface area contributed by atoms with Gasteiger partial charge in [-0.2, -0.15) is 13.2 Å². The van der Waals surface area contributed by atoms with E-state index in [1.807, 2.05) is 30.3 Å². The molecule has 0 atom stereocenters. The summed E-state index contributed by atoms with van der Waals surface area (Å²) in [6, 6.07) is 19.0. The van der Waals surface area contributed by atoms with Gasteiger partial charge in [-0.05, 0) is 41.5 Å². The molecule has 1 saturated heterocycles. The van der Waals surface area contributed by atoms with E-state index in [1.165, 1.54) is 29.2 Å². The van der Waals surface area contributed by atoms with Gasteiger partial charge >= 0.3 is 6.18 Å². The first-order chi connectivity index (χ1) is 16.0. The third-order valence-electron chi connectivity index (χ3n) is 5.71. The van der Waals surface area contributed by atoms with E-state index in [-0.39, 0.29) is 19.0 Å². The fourth-order valence-electron chi connectivity index (χ4n) is 3.99. The monoisotopic (exact) mass is 489 g/mol. The predicted molar refractivity (Wildman–Crippen MR) is 120 cm³/mol. The van der Waals surface area contributed by atoms with Crippen LogP contribution in [0.15, 0.2) is 83.8 Å². The Kier molecular flexibility index (Phi) is 6.26. The highest BCUT2D eigenvalue weighted by Crippen LogP contribution is 2.31. The molecule has 5 nitrogen and oxygen atoms in total. The Morgan fingerprint density at radius 3 is 2.18 bits per heavy atom. The Labute approximate surface area is 195 Å². The number of halogens is 3. The summed E-state index contributed by atoms with van der Waals surface area (Å²) >= 11 is 0. The van der Waals surface area contributed by atoms with Crippen molar-refractivity contribution < 1.29 is 31.5 Å². The van der Waals surface area contributed by atoms with Crippen LogP contribution in [-0.2, 0) is 28.2 Å². The molecule has 1 aliphatic heterocycles. The number of likely N-dealkylation sites (tertiary alicyclic amines) is 1. The second-order valence-corrected chi connectivity index (χ2v) is 10.5. The first-order valence-corrected chi connectivity index (χ1v) is 12.2. The largest absolute Gasteiger partial charge is 0.416 e. The van der Waals surface area contributed by atoms with Crippen LogP contribution in [0, 0.1) is 0 Å². The van der Waals surface area contributed by atoms with Gasteiger partial charge in [0.25, 0.3) is 5.91 Å². The number of amides is 1. The van der Waals surface area contributed by atoms with E-state index in [2.05, 4.69) is 0 Å². The van der Waals surface area contributed by atoms with Crippen LogP contribution < -0.4 is 0 Å². The zero-order valence-electron chi connectivity index (χ0n) is 18.0. The number of carbonyl (C=O) groups is 1. The smallest absolute Gasteiger partial charge is 0.386 e. The molecule has 9 heteroatoms. The molecule has 0 saturated carbocycles. The molecule has 3 aromatic carbocycles. The minimum atomic E-state index is -4.64. The van der Waals surface area contributed by atoms with Gasteiger partial charge in [-0.25, -0.2) is 8.42 Å². The molecule has 1 heterocycles. The number of aliphatic hydroxyl groups is 1. The Balaban J connectivity index is 1.39. The molecule has 34 heavy (non-hydrogen) atoms. The SMILES string of the molecule is O=C(c1ccc(CS(=O)(=O)c2cccc(C(F)(F)F)c2)cc1)N1CC(O)(Cc2ccccc2)C1. The van der Waals surface area contributed by atoms with Gasteiger partial charge in [0.1, 0.15) is 5.60 Å². The van der Waals surface area contributed by atoms with E-state index in [0.29, 0.717) is 23.6 Å². The Bertz CT molecular complexity index is 1280. The topological polar surface area (TPSA) is 74.7 Å². The summed E-state index contributed by atoms with van der Waals surface area (Å²) in [5.41, 5.74) is -0.365. The van der Waals surface area contributed by atoms with Crippen LogP contribution in [-0.4, -0.2) is 43.0 Å². The van der Waals surface area contributed by atoms with Crippen LogP contribution in [0.5, 0.6) is 0 Å². The van der Waals surface area contributed by atoms with Crippen LogP contribution in [0.3, 0.4) is 0 Å². The molecule has 0 bridgehead atoms. The van der Waals surface area contributed by atoms with Crippen molar-refractivity contribution in [2.24, 2.45) is 0 Å². The highest BCUT2D eigenvalue weighted by Gasteiger charge is 2.43. The number of hydrogen-bond donors (Lipinski definition) is 1. The zero-order valence-corrected chi connectivity index (χ0v) is 18.8. The molecular weight excluding hydrogens is 467 g/mol. The summed E-state index contributed by atoms with van der Waals surface area (Å²) in [5, 5.41) is 10.6. The Hall–Kier alpha value is -3.17. The van der Waals surface area contributed by atoms with Crippen molar-refractivity contribution in [3.63, 3.8) is 0 Å². The van der Waals surface area contributed by atoms with E-state index in [1.54, 1.807) is 0 Å². The second-order valence-electron chi connectivity index (χ2n) is 8.53. The van der Waals surface area contributed by atoms with Crippen molar-refractivity contribution in [1.82, 2.24) is 4.90 Å². The lowest BCUT2D eigenvalue weighted by Gasteiger charge is -2.46. The van der Waals surface area contributed by atoms with Crippen molar-refractivity contribution in [3.05, 3.63) is 101 Å². The number of benzene rings is 3. The van der Waals surface area contributed by atoms with Crippen molar-refractivity contribution >= 4 is 15.7 Å². The number of sulfone groups is 1. The molecule has 0 aliphatic carbocycles. The highest BCUT2D eigenvalue weighted by molar-refractivity contribution is 7.90. The van der Waals surface area contributed by atoms with Gasteiger partial charge in [0.2, 0.25) is 0 Å². The molecule has 1 N–H and O–H groups in total. The summed E-state index contributed by atoms with van der Waals surface area (Å²) in [4.78, 5) is 13.8. The lowest BCUT2D eigenvalue weighted by molar-refractivity contribution is -0.137. The zero-order chi connectivity index (χ0) is 24.6. The average molecular weight is 490 g/mol. The standard InChI is InChI=1S/C25H22F3NO4S/c26-25(27,28)21-7-4-8-22(13-21)34(32,33)15-19-9-11-20(12-10-19)23(30)29-16-24(31,17-29)14-18-5-2-1-3-6-18/h1-13,31H,14-17H2. The first-order valence-electron chi connectivity index (χ1n) is 10.5. The lowest BCUT2D eigenvalue weighted by atomic mass is 9.86. The van der Waals surface area contributed by atoms with Gasteiger partial charge in [-0.3, -0.25) is 4.79 Å². The number of nitrogens with zero attached hydrogens (tertiary/aromatic N) is 1. The van der Waals surface area contributed by atoms with Crippen molar-refractivity contribution in [3.8, 4) is 0 Å². The molecule has 4 rings (SSSR count). The molecule has 0 radical (unpaired) electrons.